The van der Waals surface area contributed by atoms with Crippen LogP contribution in [0.3, 0.4) is 0 Å². The zero-order chi connectivity index (χ0) is 16.5. The minimum Gasteiger partial charge on any atom is -0.341 e. The second-order valence-electron chi connectivity index (χ2n) is 7.03. The van der Waals surface area contributed by atoms with E-state index in [1.54, 1.807) is 0 Å². The monoisotopic (exact) mass is 336 g/mol. The fourth-order valence-electron chi connectivity index (χ4n) is 4.19. The Bertz CT molecular complexity index is 666. The van der Waals surface area contributed by atoms with E-state index in [1.165, 1.54) is 18.4 Å². The summed E-state index contributed by atoms with van der Waals surface area (Å²) in [6.45, 7) is 1.20. The molecule has 1 aliphatic carbocycles. The molecule has 0 radical (unpaired) electrons. The molecule has 1 aromatic carbocycles. The van der Waals surface area contributed by atoms with Gasteiger partial charge >= 0.3 is 0 Å². The van der Waals surface area contributed by atoms with Crippen LogP contribution >= 0.6 is 0 Å². The Kier molecular flexibility index (Phi) is 4.47. The van der Waals surface area contributed by atoms with Crippen LogP contribution in [0.25, 0.3) is 0 Å². The SMILES string of the molecule is NS(=O)(=O)CC1CC(=O)N(CC2(c3ccccc3)CCCC2)C1. The van der Waals surface area contributed by atoms with Crippen molar-refractivity contribution in [2.45, 2.75) is 37.5 Å². The number of hydrogen-bond donors (Lipinski definition) is 1. The normalized spacial score (nSPS) is 24.3. The van der Waals surface area contributed by atoms with Crippen LogP contribution < -0.4 is 5.14 Å². The summed E-state index contributed by atoms with van der Waals surface area (Å²) in [6.07, 6.45) is 4.82. The minimum absolute atomic E-state index is 0.0212. The highest BCUT2D eigenvalue weighted by Gasteiger charge is 2.41. The average molecular weight is 336 g/mol. The van der Waals surface area contributed by atoms with Crippen LogP contribution in [0, 0.1) is 5.92 Å². The van der Waals surface area contributed by atoms with E-state index < -0.39 is 10.0 Å². The smallest absolute Gasteiger partial charge is 0.222 e. The van der Waals surface area contributed by atoms with Crippen LogP contribution in [-0.2, 0) is 20.2 Å². The molecule has 0 aromatic heterocycles. The van der Waals surface area contributed by atoms with Gasteiger partial charge in [0, 0.05) is 30.8 Å². The van der Waals surface area contributed by atoms with Crippen LogP contribution in [-0.4, -0.2) is 38.1 Å². The Morgan fingerprint density at radius 2 is 1.83 bits per heavy atom. The van der Waals surface area contributed by atoms with E-state index in [-0.39, 0.29) is 23.0 Å². The van der Waals surface area contributed by atoms with E-state index in [9.17, 15) is 13.2 Å². The number of nitrogens with zero attached hydrogens (tertiary/aromatic N) is 1. The lowest BCUT2D eigenvalue weighted by Gasteiger charge is -2.34. The van der Waals surface area contributed by atoms with Gasteiger partial charge in [0.25, 0.3) is 0 Å². The fourth-order valence-corrected chi connectivity index (χ4v) is 5.07. The van der Waals surface area contributed by atoms with Gasteiger partial charge in [-0.15, -0.1) is 0 Å². The van der Waals surface area contributed by atoms with Crippen LogP contribution in [0.2, 0.25) is 0 Å². The van der Waals surface area contributed by atoms with Crippen LogP contribution in [0.4, 0.5) is 0 Å². The van der Waals surface area contributed by atoms with Crippen LogP contribution in [0.5, 0.6) is 0 Å². The van der Waals surface area contributed by atoms with Gasteiger partial charge in [0.2, 0.25) is 15.9 Å². The predicted octanol–water partition coefficient (Wildman–Crippen LogP) is 1.64. The second-order valence-corrected chi connectivity index (χ2v) is 8.69. The number of carbonyl (C=O) groups is 1. The molecule has 1 saturated carbocycles. The highest BCUT2D eigenvalue weighted by molar-refractivity contribution is 7.89. The molecule has 1 aliphatic heterocycles. The molecule has 23 heavy (non-hydrogen) atoms. The number of sulfonamides is 1. The number of nitrogens with two attached hydrogens (primary N) is 1. The van der Waals surface area contributed by atoms with Crippen molar-refractivity contribution in [1.82, 2.24) is 4.90 Å². The largest absolute Gasteiger partial charge is 0.341 e. The first kappa shape index (κ1) is 16.5. The molecule has 2 fully saturated rings. The molecule has 1 aromatic rings. The summed E-state index contributed by atoms with van der Waals surface area (Å²) in [5, 5.41) is 5.13. The second kappa shape index (κ2) is 6.24. The number of hydrogen-bond acceptors (Lipinski definition) is 3. The van der Waals surface area contributed by atoms with Gasteiger partial charge in [-0.25, -0.2) is 13.6 Å². The predicted molar refractivity (Wildman–Crippen MR) is 89.2 cm³/mol. The number of primary sulfonamides is 1. The number of amides is 1. The van der Waals surface area contributed by atoms with Crippen LogP contribution in [0.1, 0.15) is 37.7 Å². The molecule has 3 rings (SSSR count). The number of carbonyl (C=O) groups excluding carboxylic acids is 1. The first-order valence-corrected chi connectivity index (χ1v) is 9.93. The van der Waals surface area contributed by atoms with Crippen molar-refractivity contribution in [3.8, 4) is 0 Å². The van der Waals surface area contributed by atoms with E-state index >= 15 is 0 Å². The van der Waals surface area contributed by atoms with Crippen molar-refractivity contribution in [3.05, 3.63) is 35.9 Å². The highest BCUT2D eigenvalue weighted by atomic mass is 32.2. The summed E-state index contributed by atoms with van der Waals surface area (Å²) in [5.41, 5.74) is 1.31. The zero-order valence-corrected chi connectivity index (χ0v) is 14.1. The Labute approximate surface area is 137 Å². The van der Waals surface area contributed by atoms with Gasteiger partial charge < -0.3 is 4.90 Å². The molecule has 126 valence electrons. The standard InChI is InChI=1S/C17H24N2O3S/c18-23(21,22)12-14-10-16(20)19(11-14)13-17(8-4-5-9-17)15-6-2-1-3-7-15/h1-3,6-7,14H,4-5,8-13H2,(H2,18,21,22). The third-order valence-electron chi connectivity index (χ3n) is 5.20. The van der Waals surface area contributed by atoms with E-state index in [1.807, 2.05) is 23.1 Å². The minimum atomic E-state index is -3.53. The third-order valence-corrected chi connectivity index (χ3v) is 6.14. The van der Waals surface area contributed by atoms with Gasteiger partial charge in [0.05, 0.1) is 5.75 Å². The van der Waals surface area contributed by atoms with Crippen molar-refractivity contribution in [1.29, 1.82) is 0 Å². The summed E-state index contributed by atoms with van der Waals surface area (Å²) in [4.78, 5) is 14.2. The van der Waals surface area contributed by atoms with Gasteiger partial charge in [-0.1, -0.05) is 43.2 Å². The van der Waals surface area contributed by atoms with Gasteiger partial charge in [-0.05, 0) is 18.4 Å². The molecule has 6 heteroatoms. The summed E-state index contributed by atoms with van der Waals surface area (Å²) in [7, 11) is -3.53. The molecular formula is C17H24N2O3S. The van der Waals surface area contributed by atoms with Crippen molar-refractivity contribution in [2.75, 3.05) is 18.8 Å². The summed E-state index contributed by atoms with van der Waals surface area (Å²) < 4.78 is 22.6. The van der Waals surface area contributed by atoms with E-state index in [2.05, 4.69) is 12.1 Å². The topological polar surface area (TPSA) is 80.5 Å². The fraction of sp³-hybridized carbons (Fsp3) is 0.588. The first-order chi connectivity index (χ1) is 10.9. The van der Waals surface area contributed by atoms with Crippen molar-refractivity contribution in [2.24, 2.45) is 11.1 Å². The van der Waals surface area contributed by atoms with Crippen molar-refractivity contribution in [3.63, 3.8) is 0 Å². The lowest BCUT2D eigenvalue weighted by Crippen LogP contribution is -2.40. The maximum atomic E-state index is 12.3. The molecule has 0 spiro atoms. The highest BCUT2D eigenvalue weighted by Crippen LogP contribution is 2.42. The van der Waals surface area contributed by atoms with Gasteiger partial charge in [-0.2, -0.15) is 0 Å². The lowest BCUT2D eigenvalue weighted by atomic mass is 9.78. The quantitative estimate of drug-likeness (QED) is 0.887. The molecule has 2 N–H and O–H groups in total. The summed E-state index contributed by atoms with van der Waals surface area (Å²) in [5.74, 6) is -0.222. The van der Waals surface area contributed by atoms with E-state index in [4.69, 9.17) is 5.14 Å². The Morgan fingerprint density at radius 1 is 1.17 bits per heavy atom. The van der Waals surface area contributed by atoms with Crippen molar-refractivity contribution < 1.29 is 13.2 Å². The summed E-state index contributed by atoms with van der Waals surface area (Å²) in [6, 6.07) is 10.4. The number of benzene rings is 1. The molecule has 1 saturated heterocycles. The molecule has 1 atom stereocenters. The Balaban J connectivity index is 1.75. The maximum Gasteiger partial charge on any atom is 0.222 e. The Morgan fingerprint density at radius 3 is 2.43 bits per heavy atom. The maximum absolute atomic E-state index is 12.3. The molecule has 0 bridgehead atoms. The van der Waals surface area contributed by atoms with E-state index in [0.29, 0.717) is 19.5 Å². The molecule has 5 nitrogen and oxygen atoms in total. The lowest BCUT2D eigenvalue weighted by molar-refractivity contribution is -0.128. The molecule has 1 unspecified atom stereocenters. The Hall–Kier alpha value is -1.40. The van der Waals surface area contributed by atoms with Gasteiger partial charge in [-0.3, -0.25) is 4.79 Å². The molecular weight excluding hydrogens is 312 g/mol. The van der Waals surface area contributed by atoms with Crippen molar-refractivity contribution >= 4 is 15.9 Å². The molecule has 1 amide bonds. The number of rotatable bonds is 5. The first-order valence-electron chi connectivity index (χ1n) is 8.22. The average Bonchev–Trinajstić information content (AvgIpc) is 3.07. The van der Waals surface area contributed by atoms with Crippen LogP contribution in [0.15, 0.2) is 30.3 Å². The number of likely N-dealkylation sites (tertiary alicyclic amines) is 1. The van der Waals surface area contributed by atoms with Gasteiger partial charge in [0.15, 0.2) is 0 Å². The summed E-state index contributed by atoms with van der Waals surface area (Å²) >= 11 is 0. The molecule has 1 heterocycles. The molecule has 2 aliphatic rings. The van der Waals surface area contributed by atoms with E-state index in [0.717, 1.165) is 12.8 Å². The third kappa shape index (κ3) is 3.75. The zero-order valence-electron chi connectivity index (χ0n) is 13.3. The van der Waals surface area contributed by atoms with Gasteiger partial charge in [0.1, 0.15) is 0 Å².